The van der Waals surface area contributed by atoms with Gasteiger partial charge in [0.2, 0.25) is 17.7 Å². The predicted molar refractivity (Wildman–Crippen MR) is 197 cm³/mol. The van der Waals surface area contributed by atoms with E-state index < -0.39 is 29.7 Å². The number of benzene rings is 1. The Morgan fingerprint density at radius 2 is 1.77 bits per heavy atom. The topological polar surface area (TPSA) is 200 Å². The number of hydrogen-bond acceptors (Lipinski definition) is 10. The molecular weight excluding hydrogens is 664 g/mol. The first-order chi connectivity index (χ1) is 24.7. The number of phenols is 1. The van der Waals surface area contributed by atoms with Crippen molar-refractivity contribution >= 4 is 23.9 Å². The highest BCUT2D eigenvalue weighted by Crippen LogP contribution is 2.27. The SMILES string of the molecule is Cc1cc(O)cc(C)c1C[C@H](NC(=O)[C@H](C)CCCn1ccnc1N)C(=O)N[C@@H](CCCNC(=O)OC(C)(C)C)c1nc(CC2CCCCC2)no1. The molecule has 1 aromatic carbocycles. The zero-order valence-electron chi connectivity index (χ0n) is 31.7. The number of nitrogen functional groups attached to an aromatic ring is 1. The zero-order valence-corrected chi connectivity index (χ0v) is 31.7. The number of nitrogens with zero attached hydrogens (tertiary/aromatic N) is 4. The van der Waals surface area contributed by atoms with Gasteiger partial charge in [0, 0.05) is 44.2 Å². The summed E-state index contributed by atoms with van der Waals surface area (Å²) in [5, 5.41) is 23.3. The van der Waals surface area contributed by atoms with E-state index in [4.69, 9.17) is 20.0 Å². The number of phenolic OH excluding ortho intramolecular Hbond substituents is 1. The maximum absolute atomic E-state index is 14.2. The van der Waals surface area contributed by atoms with Gasteiger partial charge in [-0.15, -0.1) is 0 Å². The average molecular weight is 723 g/mol. The molecule has 1 aliphatic rings. The van der Waals surface area contributed by atoms with E-state index >= 15 is 0 Å². The van der Waals surface area contributed by atoms with Crippen LogP contribution in [0.3, 0.4) is 0 Å². The number of nitrogens with two attached hydrogens (primary N) is 1. The van der Waals surface area contributed by atoms with E-state index in [9.17, 15) is 19.5 Å². The molecule has 0 unspecified atom stereocenters. The number of aromatic nitrogens is 4. The third-order valence-corrected chi connectivity index (χ3v) is 9.59. The van der Waals surface area contributed by atoms with Gasteiger partial charge in [0.1, 0.15) is 23.4 Å². The molecule has 1 fully saturated rings. The third-order valence-electron chi connectivity index (χ3n) is 9.59. The third kappa shape index (κ3) is 12.6. The summed E-state index contributed by atoms with van der Waals surface area (Å²) in [5.74, 6) is 0.915. The molecule has 2 aromatic heterocycles. The number of carbonyl (C=O) groups is 3. The van der Waals surface area contributed by atoms with E-state index in [0.29, 0.717) is 62.9 Å². The van der Waals surface area contributed by atoms with Crippen molar-refractivity contribution in [1.82, 2.24) is 35.6 Å². The van der Waals surface area contributed by atoms with E-state index in [2.05, 4.69) is 26.1 Å². The van der Waals surface area contributed by atoms with Crippen LogP contribution >= 0.6 is 0 Å². The average Bonchev–Trinajstić information content (AvgIpc) is 3.71. The highest BCUT2D eigenvalue weighted by atomic mass is 16.6. The van der Waals surface area contributed by atoms with Crippen molar-refractivity contribution in [3.05, 3.63) is 52.9 Å². The van der Waals surface area contributed by atoms with Gasteiger partial charge in [-0.1, -0.05) is 44.2 Å². The molecule has 0 saturated heterocycles. The van der Waals surface area contributed by atoms with Gasteiger partial charge in [-0.25, -0.2) is 9.78 Å². The second kappa shape index (κ2) is 18.7. The Labute approximate surface area is 307 Å². The number of imidazole rings is 1. The number of ether oxygens (including phenoxy) is 1. The molecule has 1 aliphatic carbocycles. The van der Waals surface area contributed by atoms with Crippen LogP contribution in [0.25, 0.3) is 0 Å². The van der Waals surface area contributed by atoms with Crippen molar-refractivity contribution < 1.29 is 28.8 Å². The fraction of sp³-hybridized carbons (Fsp3) is 0.632. The molecule has 2 heterocycles. The van der Waals surface area contributed by atoms with Gasteiger partial charge in [0.25, 0.3) is 0 Å². The lowest BCUT2D eigenvalue weighted by Crippen LogP contribution is -2.50. The summed E-state index contributed by atoms with van der Waals surface area (Å²) in [6, 6.07) is 1.69. The number of nitrogens with one attached hydrogen (secondary N) is 3. The second-order valence-corrected chi connectivity index (χ2v) is 15.2. The van der Waals surface area contributed by atoms with Crippen LogP contribution in [0, 0.1) is 25.7 Å². The van der Waals surface area contributed by atoms with Gasteiger partial charge < -0.3 is 40.6 Å². The Balaban J connectivity index is 1.50. The lowest BCUT2D eigenvalue weighted by molar-refractivity contribution is -0.131. The number of carbonyl (C=O) groups excluding carboxylic acids is 3. The van der Waals surface area contributed by atoms with Gasteiger partial charge in [-0.05, 0) is 95.0 Å². The second-order valence-electron chi connectivity index (χ2n) is 15.2. The van der Waals surface area contributed by atoms with Gasteiger partial charge in [0.15, 0.2) is 11.8 Å². The number of aromatic hydroxyl groups is 1. The first kappa shape index (κ1) is 40.2. The Hall–Kier alpha value is -4.62. The smallest absolute Gasteiger partial charge is 0.407 e. The zero-order chi connectivity index (χ0) is 37.8. The molecule has 0 bridgehead atoms. The van der Waals surface area contributed by atoms with Crippen LogP contribution in [0.5, 0.6) is 5.75 Å². The van der Waals surface area contributed by atoms with Crippen LogP contribution < -0.4 is 21.7 Å². The number of amides is 3. The van der Waals surface area contributed by atoms with Crippen molar-refractivity contribution in [3.63, 3.8) is 0 Å². The molecule has 0 spiro atoms. The van der Waals surface area contributed by atoms with Crippen molar-refractivity contribution in [2.24, 2.45) is 11.8 Å². The Morgan fingerprint density at radius 3 is 2.42 bits per heavy atom. The molecule has 4 rings (SSSR count). The first-order valence-electron chi connectivity index (χ1n) is 18.6. The summed E-state index contributed by atoms with van der Waals surface area (Å²) >= 11 is 0. The minimum atomic E-state index is -0.937. The highest BCUT2D eigenvalue weighted by Gasteiger charge is 2.30. The van der Waals surface area contributed by atoms with Crippen molar-refractivity contribution in [3.8, 4) is 5.75 Å². The minimum Gasteiger partial charge on any atom is -0.508 e. The first-order valence-corrected chi connectivity index (χ1v) is 18.6. The summed E-state index contributed by atoms with van der Waals surface area (Å²) in [6.45, 7) is 11.9. The van der Waals surface area contributed by atoms with Crippen LogP contribution in [0.2, 0.25) is 0 Å². The maximum atomic E-state index is 14.2. The van der Waals surface area contributed by atoms with Crippen LogP contribution in [0.1, 0.15) is 120 Å². The summed E-state index contributed by atoms with van der Waals surface area (Å²) in [4.78, 5) is 48.8. The Morgan fingerprint density at radius 1 is 1.06 bits per heavy atom. The highest BCUT2D eigenvalue weighted by molar-refractivity contribution is 5.89. The quantitative estimate of drug-likeness (QED) is 0.109. The van der Waals surface area contributed by atoms with Gasteiger partial charge in [-0.3, -0.25) is 9.59 Å². The van der Waals surface area contributed by atoms with Gasteiger partial charge >= 0.3 is 6.09 Å². The molecule has 3 aromatic rings. The minimum absolute atomic E-state index is 0.136. The number of aryl methyl sites for hydroxylation is 3. The molecular formula is C38H58N8O6. The number of hydrogen-bond donors (Lipinski definition) is 5. The molecule has 1 saturated carbocycles. The summed E-state index contributed by atoms with van der Waals surface area (Å²) in [7, 11) is 0. The summed E-state index contributed by atoms with van der Waals surface area (Å²) < 4.78 is 12.9. The fourth-order valence-electron chi connectivity index (χ4n) is 6.73. The largest absolute Gasteiger partial charge is 0.508 e. The lowest BCUT2D eigenvalue weighted by Gasteiger charge is -2.25. The van der Waals surface area contributed by atoms with Crippen LogP contribution in [0.15, 0.2) is 29.0 Å². The number of anilines is 1. The molecule has 0 radical (unpaired) electrons. The Bertz CT molecular complexity index is 1600. The normalized spacial score (nSPS) is 15.4. The van der Waals surface area contributed by atoms with Crippen LogP contribution in [-0.4, -0.2) is 60.9 Å². The van der Waals surface area contributed by atoms with E-state index in [-0.39, 0.29) is 29.9 Å². The van der Waals surface area contributed by atoms with Crippen molar-refractivity contribution in [1.29, 1.82) is 0 Å². The maximum Gasteiger partial charge on any atom is 0.407 e. The molecule has 6 N–H and O–H groups in total. The molecule has 52 heavy (non-hydrogen) atoms. The molecule has 3 amide bonds. The predicted octanol–water partition coefficient (Wildman–Crippen LogP) is 5.60. The molecule has 14 nitrogen and oxygen atoms in total. The number of rotatable bonds is 17. The van der Waals surface area contributed by atoms with E-state index in [0.717, 1.165) is 29.5 Å². The monoisotopic (exact) mass is 722 g/mol. The molecule has 0 aliphatic heterocycles. The van der Waals surface area contributed by atoms with E-state index in [1.165, 1.54) is 19.3 Å². The van der Waals surface area contributed by atoms with Crippen LogP contribution in [0.4, 0.5) is 10.7 Å². The van der Waals surface area contributed by atoms with Crippen molar-refractivity contribution in [2.45, 2.75) is 136 Å². The van der Waals surface area contributed by atoms with Gasteiger partial charge in [-0.2, -0.15) is 4.98 Å². The van der Waals surface area contributed by atoms with Crippen molar-refractivity contribution in [2.75, 3.05) is 12.3 Å². The Kier molecular flexibility index (Phi) is 14.5. The summed E-state index contributed by atoms with van der Waals surface area (Å²) in [5.41, 5.74) is 7.74. The molecule has 3 atom stereocenters. The van der Waals surface area contributed by atoms with Gasteiger partial charge in [0.05, 0.1) is 0 Å². The summed E-state index contributed by atoms with van der Waals surface area (Å²) in [6.07, 6.45) is 11.9. The fourth-order valence-corrected chi connectivity index (χ4v) is 6.73. The van der Waals surface area contributed by atoms with Crippen LogP contribution in [-0.2, 0) is 33.7 Å². The van der Waals surface area contributed by atoms with E-state index in [1.54, 1.807) is 45.3 Å². The standard InChI is InChI=1S/C38H58N8O6/c1-24(12-11-18-46-19-17-40-36(46)39)33(48)43-31(23-29-25(2)20-28(47)21-26(29)3)34(49)42-30(15-10-16-41-37(50)51-38(4,5)6)35-44-32(45-52-35)22-27-13-8-7-9-14-27/h17,19-21,24,27,30-31,47H,7-16,18,22-23H2,1-6H3,(H2,39,40)(H,41,50)(H,42,49)(H,43,48)/t24-,30+,31+/m1/s1. The molecule has 286 valence electrons. The number of alkyl carbamates (subject to hydrolysis) is 1. The lowest BCUT2D eigenvalue weighted by atomic mass is 9.87. The van der Waals surface area contributed by atoms with E-state index in [1.807, 2.05) is 25.3 Å². The molecule has 14 heteroatoms.